The Morgan fingerprint density at radius 1 is 0.921 bits per heavy atom. The van der Waals surface area contributed by atoms with Gasteiger partial charge in [-0.1, -0.05) is 24.3 Å². The highest BCUT2D eigenvalue weighted by atomic mass is 19.1. The molecular formula is C30H28F2N2O4. The van der Waals surface area contributed by atoms with E-state index >= 15 is 0 Å². The molecular weight excluding hydrogens is 490 g/mol. The molecule has 1 heterocycles. The fourth-order valence-corrected chi connectivity index (χ4v) is 4.40. The molecule has 0 unspecified atom stereocenters. The highest BCUT2D eigenvalue weighted by Gasteiger charge is 2.15. The summed E-state index contributed by atoms with van der Waals surface area (Å²) in [7, 11) is 0. The number of carbonyl (C=O) groups excluding carboxylic acids is 1. The first-order chi connectivity index (χ1) is 18.2. The summed E-state index contributed by atoms with van der Waals surface area (Å²) < 4.78 is 28.2. The molecule has 0 fully saturated rings. The number of halogens is 2. The minimum Gasteiger partial charge on any atom is -0.481 e. The average molecular weight is 519 g/mol. The minimum absolute atomic E-state index is 0.0341. The zero-order valence-electron chi connectivity index (χ0n) is 20.9. The lowest BCUT2D eigenvalue weighted by molar-refractivity contribution is -0.137. The second-order valence-corrected chi connectivity index (χ2v) is 9.30. The van der Waals surface area contributed by atoms with Gasteiger partial charge in [-0.2, -0.15) is 0 Å². The van der Waals surface area contributed by atoms with Gasteiger partial charge in [-0.25, -0.2) is 8.78 Å². The molecule has 0 aliphatic heterocycles. The van der Waals surface area contributed by atoms with Gasteiger partial charge < -0.3 is 15.0 Å². The van der Waals surface area contributed by atoms with Crippen LogP contribution in [-0.2, 0) is 17.8 Å². The standard InChI is InChI=1S/C30H28F2N2O4/c1-19(21-8-13-25(32)14-9-21)33-29(37)22-10-15-27-23(16-22)17-26(4-2-3-5-28(35)36)34(30(27)38)18-20-6-11-24(31)12-7-20/h6-17,19H,2-5,18H2,1H3,(H,33,37)(H,35,36)/t19-/m1/s1. The Hall–Kier alpha value is -4.33. The zero-order valence-corrected chi connectivity index (χ0v) is 20.9. The fourth-order valence-electron chi connectivity index (χ4n) is 4.40. The van der Waals surface area contributed by atoms with E-state index in [1.807, 2.05) is 6.07 Å². The van der Waals surface area contributed by atoms with Crippen molar-refractivity contribution in [2.24, 2.45) is 0 Å². The lowest BCUT2D eigenvalue weighted by Crippen LogP contribution is -2.27. The topological polar surface area (TPSA) is 88.4 Å². The van der Waals surface area contributed by atoms with Crippen molar-refractivity contribution < 1.29 is 23.5 Å². The van der Waals surface area contributed by atoms with E-state index in [0.717, 1.165) is 11.1 Å². The summed E-state index contributed by atoms with van der Waals surface area (Å²) in [6, 6.07) is 18.2. The number of hydrogen-bond acceptors (Lipinski definition) is 3. The molecule has 0 aliphatic rings. The number of hydrogen-bond donors (Lipinski definition) is 2. The number of fused-ring (bicyclic) bond motifs is 1. The van der Waals surface area contributed by atoms with Crippen LogP contribution in [0.25, 0.3) is 10.8 Å². The molecule has 196 valence electrons. The molecule has 2 N–H and O–H groups in total. The van der Waals surface area contributed by atoms with E-state index in [9.17, 15) is 23.2 Å². The van der Waals surface area contributed by atoms with Crippen LogP contribution >= 0.6 is 0 Å². The van der Waals surface area contributed by atoms with Crippen LogP contribution in [0.15, 0.2) is 77.6 Å². The minimum atomic E-state index is -0.877. The maximum Gasteiger partial charge on any atom is 0.303 e. The Kier molecular flexibility index (Phi) is 8.31. The molecule has 0 aliphatic carbocycles. The summed E-state index contributed by atoms with van der Waals surface area (Å²) in [4.78, 5) is 37.4. The summed E-state index contributed by atoms with van der Waals surface area (Å²) in [5.41, 5.74) is 2.35. The van der Waals surface area contributed by atoms with Crippen molar-refractivity contribution in [2.45, 2.75) is 45.2 Å². The van der Waals surface area contributed by atoms with E-state index in [4.69, 9.17) is 5.11 Å². The van der Waals surface area contributed by atoms with Gasteiger partial charge in [-0.05, 0) is 91.2 Å². The maximum absolute atomic E-state index is 13.5. The van der Waals surface area contributed by atoms with Crippen molar-refractivity contribution in [1.82, 2.24) is 9.88 Å². The third-order valence-corrected chi connectivity index (χ3v) is 6.50. The molecule has 0 radical (unpaired) electrons. The average Bonchev–Trinajstić information content (AvgIpc) is 2.89. The molecule has 4 rings (SSSR count). The smallest absolute Gasteiger partial charge is 0.303 e. The van der Waals surface area contributed by atoms with Crippen molar-refractivity contribution in [2.75, 3.05) is 0 Å². The number of aryl methyl sites for hydroxylation is 1. The summed E-state index contributed by atoms with van der Waals surface area (Å²) in [5.74, 6) is -1.93. The number of amides is 1. The van der Waals surface area contributed by atoms with E-state index in [-0.39, 0.29) is 42.1 Å². The molecule has 0 saturated carbocycles. The molecule has 1 amide bonds. The van der Waals surface area contributed by atoms with E-state index in [2.05, 4.69) is 5.32 Å². The first kappa shape index (κ1) is 26.7. The summed E-state index contributed by atoms with van der Waals surface area (Å²) in [6.45, 7) is 2.04. The van der Waals surface area contributed by atoms with Gasteiger partial charge in [-0.15, -0.1) is 0 Å². The highest BCUT2D eigenvalue weighted by Crippen LogP contribution is 2.20. The Morgan fingerprint density at radius 2 is 1.58 bits per heavy atom. The lowest BCUT2D eigenvalue weighted by atomic mass is 10.0. The van der Waals surface area contributed by atoms with E-state index in [0.29, 0.717) is 41.3 Å². The number of unbranched alkanes of at least 4 members (excludes halogenated alkanes) is 1. The third-order valence-electron chi connectivity index (χ3n) is 6.50. The SMILES string of the molecule is C[C@@H](NC(=O)c1ccc2c(=O)n(Cc3ccc(F)cc3)c(CCCCC(=O)O)cc2c1)c1ccc(F)cc1. The molecule has 0 saturated heterocycles. The van der Waals surface area contributed by atoms with Gasteiger partial charge in [0.05, 0.1) is 12.6 Å². The summed E-state index contributed by atoms with van der Waals surface area (Å²) >= 11 is 0. The summed E-state index contributed by atoms with van der Waals surface area (Å²) in [6.07, 6.45) is 1.53. The fraction of sp³-hybridized carbons (Fsp3) is 0.233. The van der Waals surface area contributed by atoms with Crippen LogP contribution in [0.1, 0.15) is 59.4 Å². The Bertz CT molecular complexity index is 1510. The molecule has 1 atom stereocenters. The molecule has 6 nitrogen and oxygen atoms in total. The normalized spacial score (nSPS) is 11.9. The number of carbonyl (C=O) groups is 2. The van der Waals surface area contributed by atoms with Crippen molar-refractivity contribution in [3.63, 3.8) is 0 Å². The number of pyridine rings is 1. The van der Waals surface area contributed by atoms with Crippen molar-refractivity contribution in [3.8, 4) is 0 Å². The van der Waals surface area contributed by atoms with Gasteiger partial charge >= 0.3 is 5.97 Å². The molecule has 8 heteroatoms. The zero-order chi connectivity index (χ0) is 27.2. The van der Waals surface area contributed by atoms with E-state index < -0.39 is 5.97 Å². The predicted molar refractivity (Wildman–Crippen MR) is 141 cm³/mol. The van der Waals surface area contributed by atoms with Gasteiger partial charge in [0.1, 0.15) is 11.6 Å². The monoisotopic (exact) mass is 518 g/mol. The van der Waals surface area contributed by atoms with Crippen LogP contribution < -0.4 is 10.9 Å². The lowest BCUT2D eigenvalue weighted by Gasteiger charge is -2.17. The summed E-state index contributed by atoms with van der Waals surface area (Å²) in [5, 5.41) is 12.9. The number of rotatable bonds is 10. The van der Waals surface area contributed by atoms with Crippen LogP contribution in [0, 0.1) is 11.6 Å². The van der Waals surface area contributed by atoms with Crippen molar-refractivity contribution >= 4 is 22.6 Å². The van der Waals surface area contributed by atoms with Gasteiger partial charge in [0.25, 0.3) is 11.5 Å². The van der Waals surface area contributed by atoms with Crippen LogP contribution in [0.3, 0.4) is 0 Å². The van der Waals surface area contributed by atoms with Gasteiger partial charge in [0.2, 0.25) is 0 Å². The van der Waals surface area contributed by atoms with Gasteiger partial charge in [0, 0.05) is 23.1 Å². The van der Waals surface area contributed by atoms with Crippen LogP contribution in [-0.4, -0.2) is 21.6 Å². The number of nitrogens with zero attached hydrogens (tertiary/aromatic N) is 1. The predicted octanol–water partition coefficient (Wildman–Crippen LogP) is 5.62. The molecule has 0 bridgehead atoms. The quantitative estimate of drug-likeness (QED) is 0.267. The Balaban J connectivity index is 1.64. The molecule has 3 aromatic carbocycles. The van der Waals surface area contributed by atoms with Crippen LogP contribution in [0.2, 0.25) is 0 Å². The molecule has 38 heavy (non-hydrogen) atoms. The number of aliphatic carboxylic acids is 1. The molecule has 0 spiro atoms. The van der Waals surface area contributed by atoms with E-state index in [1.54, 1.807) is 54.0 Å². The molecule has 4 aromatic rings. The van der Waals surface area contributed by atoms with Crippen molar-refractivity contribution in [3.05, 3.63) is 117 Å². The van der Waals surface area contributed by atoms with Crippen molar-refractivity contribution in [1.29, 1.82) is 0 Å². The van der Waals surface area contributed by atoms with Crippen LogP contribution in [0.5, 0.6) is 0 Å². The van der Waals surface area contributed by atoms with Crippen LogP contribution in [0.4, 0.5) is 8.78 Å². The first-order valence-corrected chi connectivity index (χ1v) is 12.4. The molecule has 1 aromatic heterocycles. The number of carboxylic acid groups (broad SMARTS) is 1. The van der Waals surface area contributed by atoms with Gasteiger partial charge in [0.15, 0.2) is 0 Å². The number of aromatic nitrogens is 1. The second-order valence-electron chi connectivity index (χ2n) is 9.30. The maximum atomic E-state index is 13.5. The first-order valence-electron chi connectivity index (χ1n) is 12.4. The Labute approximate surface area is 218 Å². The Morgan fingerprint density at radius 3 is 2.24 bits per heavy atom. The second kappa shape index (κ2) is 11.8. The largest absolute Gasteiger partial charge is 0.481 e. The van der Waals surface area contributed by atoms with Gasteiger partial charge in [-0.3, -0.25) is 14.4 Å². The number of carboxylic acids is 1. The number of benzene rings is 3. The third kappa shape index (κ3) is 6.51. The number of nitrogens with one attached hydrogen (secondary N) is 1. The highest BCUT2D eigenvalue weighted by molar-refractivity contribution is 5.98. The van der Waals surface area contributed by atoms with E-state index in [1.165, 1.54) is 24.3 Å².